The first-order valence-corrected chi connectivity index (χ1v) is 37.3. The average molecular weight is 1610 g/mol. The fourth-order valence-electron chi connectivity index (χ4n) is 12.3. The Morgan fingerprint density at radius 3 is 1.23 bits per heavy atom. The predicted molar refractivity (Wildman–Crippen MR) is 434 cm³/mol. The van der Waals surface area contributed by atoms with Crippen molar-refractivity contribution in [1.82, 2.24) is 40.8 Å². The summed E-state index contributed by atoms with van der Waals surface area (Å²) in [6.45, 7) is 5.31. The Morgan fingerprint density at radius 1 is 0.424 bits per heavy atom. The number of nitrogen functional groups attached to an aromatic ring is 1. The number of alkyl halides is 9. The third kappa shape index (κ3) is 23.5. The zero-order chi connectivity index (χ0) is 84.5. The number of anilines is 2. The molecule has 13 aromatic rings. The number of nitrogens with zero attached hydrogens (tertiary/aromatic N) is 4. The number of carbonyl (C=O) groups excluding carboxylic acids is 6. The number of nitrogens with one attached hydrogen (secondary N) is 5. The van der Waals surface area contributed by atoms with E-state index < -0.39 is 65.1 Å². The Bertz CT molecular complexity index is 5620. The van der Waals surface area contributed by atoms with Crippen LogP contribution in [0, 0.1) is 0 Å². The third-order valence-corrected chi connectivity index (χ3v) is 18.5. The van der Waals surface area contributed by atoms with Crippen LogP contribution in [0.5, 0.6) is 0 Å². The molecule has 0 spiro atoms. The molecule has 118 heavy (non-hydrogen) atoms. The van der Waals surface area contributed by atoms with Crippen LogP contribution in [0.15, 0.2) is 286 Å². The first-order chi connectivity index (χ1) is 56.6. The van der Waals surface area contributed by atoms with Crippen molar-refractivity contribution in [3.05, 3.63) is 341 Å². The Kier molecular flexibility index (Phi) is 29.4. The third-order valence-electron chi connectivity index (χ3n) is 18.5. The van der Waals surface area contributed by atoms with Gasteiger partial charge in [-0.1, -0.05) is 191 Å². The summed E-state index contributed by atoms with van der Waals surface area (Å²) >= 11 is 0. The lowest BCUT2D eigenvalue weighted by Crippen LogP contribution is -2.40. The number of imidazole rings is 1. The number of halogens is 9. The summed E-state index contributed by atoms with van der Waals surface area (Å²) in [5, 5.41) is 24.8. The maximum atomic E-state index is 13.3. The standard InChI is InChI=1S/C37H33F3N4O3.C23H26N4O2.C17H11F3N2O.C14H9F3O2/c1-2-3-9-22-41-36(47)33(25-10-5-4-6-11-25)44-34(45)27-16-20-31-26(23-27)17-21-32(42-31)43-35(46)30-13-8-7-12-29(30)24-14-18-28(19-15-24)37(38,39)40;1-2-3-7-14-25-23(29)21(16-8-5-4-6-9-16)27-22(28)18-10-12-19-17(15-18)11-13-20(24)26-19;18-17(19,20)13-7-5-12(6-8-13)14-3-1-2-4-15(14)16(23)22-10-9-21-11-22;15-14(16,17)10-7-5-9(6-8-10)11-3-1-2-4-12(11)13(18)19/h4-8,10-21,23,33H,2-3,9,22H2,1H3,(H,41,47)(H,44,45)(H,42,43,46);4-6,8-13,15,21H,2-3,7,14H2,1H3,(H2,24,26)(H,25,29)(H,27,28);1-11H;1-8H,(H,18,19)/t33-;21-;;/m00../s1. The minimum atomic E-state index is -4.46. The molecule has 27 heteroatoms. The van der Waals surface area contributed by atoms with Gasteiger partial charge in [0.15, 0.2) is 0 Å². The molecular weight excluding hydrogens is 1530 g/mol. The average Bonchev–Trinajstić information content (AvgIpc) is 1.29. The molecule has 10 aromatic carbocycles. The Morgan fingerprint density at radius 2 is 0.814 bits per heavy atom. The minimum absolute atomic E-state index is 0.0576. The van der Waals surface area contributed by atoms with Crippen LogP contribution in [0.4, 0.5) is 51.1 Å². The molecular formula is C91H79F9N10O8. The second-order valence-corrected chi connectivity index (χ2v) is 26.8. The van der Waals surface area contributed by atoms with Gasteiger partial charge in [0.1, 0.15) is 30.0 Å². The van der Waals surface area contributed by atoms with E-state index in [0.717, 1.165) is 91.4 Å². The Hall–Kier alpha value is -14.1. The molecule has 0 fully saturated rings. The van der Waals surface area contributed by atoms with Crippen molar-refractivity contribution in [1.29, 1.82) is 0 Å². The van der Waals surface area contributed by atoms with E-state index in [1.807, 2.05) is 54.6 Å². The van der Waals surface area contributed by atoms with E-state index in [-0.39, 0.29) is 40.6 Å². The van der Waals surface area contributed by atoms with Gasteiger partial charge in [-0.3, -0.25) is 33.3 Å². The molecule has 0 bridgehead atoms. The van der Waals surface area contributed by atoms with E-state index in [9.17, 15) is 73.1 Å². The summed E-state index contributed by atoms with van der Waals surface area (Å²) in [7, 11) is 0. The molecule has 3 aromatic heterocycles. The second kappa shape index (κ2) is 40.3. The number of pyridine rings is 2. The molecule has 8 N–H and O–H groups in total. The summed E-state index contributed by atoms with van der Waals surface area (Å²) in [4.78, 5) is 101. The molecule has 3 heterocycles. The van der Waals surface area contributed by atoms with Crippen LogP contribution in [0.25, 0.3) is 55.2 Å². The van der Waals surface area contributed by atoms with Crippen molar-refractivity contribution in [2.75, 3.05) is 24.1 Å². The van der Waals surface area contributed by atoms with Gasteiger partial charge in [0, 0.05) is 58.5 Å². The number of hydrogen-bond acceptors (Lipinski definition) is 11. The lowest BCUT2D eigenvalue weighted by molar-refractivity contribution is -0.138. The number of amides is 5. The number of aromatic nitrogens is 4. The Labute approximate surface area is 672 Å². The lowest BCUT2D eigenvalue weighted by atomic mass is 9.98. The highest BCUT2D eigenvalue weighted by Crippen LogP contribution is 2.36. The lowest BCUT2D eigenvalue weighted by Gasteiger charge is -2.19. The van der Waals surface area contributed by atoms with E-state index >= 15 is 0 Å². The number of hydrogen-bond donors (Lipinski definition) is 7. The molecule has 604 valence electrons. The summed E-state index contributed by atoms with van der Waals surface area (Å²) in [6.07, 6.45) is -2.94. The van der Waals surface area contributed by atoms with Crippen LogP contribution >= 0.6 is 0 Å². The van der Waals surface area contributed by atoms with Gasteiger partial charge in [-0.25, -0.2) is 19.7 Å². The number of benzene rings is 10. The van der Waals surface area contributed by atoms with Gasteiger partial charge in [-0.15, -0.1) is 0 Å². The zero-order valence-corrected chi connectivity index (χ0v) is 63.5. The monoisotopic (exact) mass is 1610 g/mol. The fraction of sp³-hybridized carbons (Fsp3) is 0.165. The normalized spacial score (nSPS) is 11.7. The van der Waals surface area contributed by atoms with Crippen LogP contribution in [0.2, 0.25) is 0 Å². The second-order valence-electron chi connectivity index (χ2n) is 26.8. The van der Waals surface area contributed by atoms with Gasteiger partial charge in [-0.2, -0.15) is 39.5 Å². The van der Waals surface area contributed by atoms with Crippen molar-refractivity contribution in [2.45, 2.75) is 83.0 Å². The van der Waals surface area contributed by atoms with E-state index in [0.29, 0.717) is 85.4 Å². The maximum absolute atomic E-state index is 13.3. The number of carboxylic acid groups (broad SMARTS) is 1. The number of rotatable bonds is 23. The molecule has 0 aliphatic carbocycles. The van der Waals surface area contributed by atoms with Crippen molar-refractivity contribution in [3.63, 3.8) is 0 Å². The van der Waals surface area contributed by atoms with Crippen LogP contribution in [0.3, 0.4) is 0 Å². The van der Waals surface area contributed by atoms with E-state index in [4.69, 9.17) is 10.8 Å². The number of aromatic carboxylic acids is 1. The van der Waals surface area contributed by atoms with Crippen LogP contribution in [-0.4, -0.2) is 79.1 Å². The molecule has 0 unspecified atom stereocenters. The van der Waals surface area contributed by atoms with E-state index in [1.54, 1.807) is 133 Å². The zero-order valence-electron chi connectivity index (χ0n) is 63.5. The highest BCUT2D eigenvalue weighted by molar-refractivity contribution is 6.09. The number of unbranched alkanes of at least 4 members (excludes halogenated alkanes) is 4. The van der Waals surface area contributed by atoms with Gasteiger partial charge in [-0.05, 0) is 173 Å². The fourth-order valence-corrected chi connectivity index (χ4v) is 12.3. The first kappa shape index (κ1) is 86.3. The summed E-state index contributed by atoms with van der Waals surface area (Å²) in [5.41, 5.74) is 10.5. The largest absolute Gasteiger partial charge is 0.478 e. The van der Waals surface area contributed by atoms with Crippen molar-refractivity contribution in [3.8, 4) is 33.4 Å². The van der Waals surface area contributed by atoms with E-state index in [1.165, 1.54) is 65.8 Å². The molecule has 2 atom stereocenters. The van der Waals surface area contributed by atoms with Crippen molar-refractivity contribution in [2.24, 2.45) is 0 Å². The number of fused-ring (bicyclic) bond motifs is 2. The van der Waals surface area contributed by atoms with E-state index in [2.05, 4.69) is 55.4 Å². The predicted octanol–water partition coefficient (Wildman–Crippen LogP) is 19.9. The smallest absolute Gasteiger partial charge is 0.416 e. The van der Waals surface area contributed by atoms with Gasteiger partial charge < -0.3 is 37.4 Å². The molecule has 18 nitrogen and oxygen atoms in total. The number of carboxylic acids is 1. The topological polar surface area (TPSA) is 269 Å². The highest BCUT2D eigenvalue weighted by atomic mass is 19.4. The van der Waals surface area contributed by atoms with Crippen molar-refractivity contribution >= 4 is 74.9 Å². The summed E-state index contributed by atoms with van der Waals surface area (Å²) < 4.78 is 116. The molecule has 13 rings (SSSR count). The molecule has 0 radical (unpaired) electrons. The van der Waals surface area contributed by atoms with Gasteiger partial charge in [0.25, 0.3) is 23.6 Å². The van der Waals surface area contributed by atoms with Gasteiger partial charge >= 0.3 is 24.5 Å². The van der Waals surface area contributed by atoms with Crippen LogP contribution in [-0.2, 0) is 28.1 Å². The quantitative estimate of drug-likeness (QED) is 0.0233. The molecule has 0 aliphatic heterocycles. The van der Waals surface area contributed by atoms with Crippen LogP contribution in [0.1, 0.15) is 144 Å². The highest BCUT2D eigenvalue weighted by Gasteiger charge is 2.33. The number of nitrogens with two attached hydrogens (primary N) is 1. The Balaban J connectivity index is 0.000000177. The molecule has 5 amide bonds. The summed E-state index contributed by atoms with van der Waals surface area (Å²) in [6, 6.07) is 66.9. The minimum Gasteiger partial charge on any atom is -0.478 e. The SMILES string of the molecule is CCCCCNC(=O)[C@@H](NC(=O)c1ccc2nc(N)ccc2c1)c1ccccc1.CCCCCNC(=O)[C@@H](NC(=O)c1ccc2nc(NC(=O)c3ccccc3-c3ccc(C(F)(F)F)cc3)ccc2c1)c1ccccc1.O=C(O)c1ccccc1-c1ccc(C(F)(F)F)cc1.O=C(c1ccccc1-c1ccc(C(F)(F)F)cc1)n1ccnc1. The summed E-state index contributed by atoms with van der Waals surface area (Å²) in [5.74, 6) is -2.46. The maximum Gasteiger partial charge on any atom is 0.416 e. The first-order valence-electron chi connectivity index (χ1n) is 37.3. The van der Waals surface area contributed by atoms with Gasteiger partial charge in [0.2, 0.25) is 11.8 Å². The molecule has 0 saturated heterocycles. The molecule has 0 aliphatic rings. The van der Waals surface area contributed by atoms with Crippen LogP contribution < -0.4 is 32.3 Å². The van der Waals surface area contributed by atoms with Crippen molar-refractivity contribution < 1.29 is 78.2 Å². The van der Waals surface area contributed by atoms with Gasteiger partial charge in [0.05, 0.1) is 33.3 Å². The number of carbonyl (C=O) groups is 7. The molecule has 0 saturated carbocycles.